The molecular weight excluding hydrogens is 221 g/mol. The molecule has 0 atom stereocenters. The topological polar surface area (TPSA) is 41.1 Å². The second kappa shape index (κ2) is 5.39. The molecule has 0 aromatic heterocycles. The average Bonchev–Trinajstić information content (AvgIpc) is 2.23. The monoisotopic (exact) mass is 232 g/mol. The Morgan fingerprint density at radius 1 is 1.25 bits per heavy atom. The van der Waals surface area contributed by atoms with E-state index in [-0.39, 0.29) is 5.69 Å². The first kappa shape index (κ1) is 12.4. The highest BCUT2D eigenvalue weighted by Gasteiger charge is 2.11. The zero-order chi connectivity index (χ0) is 12.1. The highest BCUT2D eigenvalue weighted by atomic mass is 19.2. The number of hydrogen-bond acceptors (Lipinski definition) is 1. The molecule has 0 saturated carbocycles. The highest BCUT2D eigenvalue weighted by Crippen LogP contribution is 2.16. The van der Waals surface area contributed by atoms with Crippen LogP contribution in [0.2, 0.25) is 0 Å². The van der Waals surface area contributed by atoms with Crippen molar-refractivity contribution in [1.29, 1.82) is 0 Å². The normalized spacial score (nSPS) is 10.0. The Kier molecular flexibility index (Phi) is 4.16. The molecule has 0 radical (unpaired) electrons. The molecule has 1 rings (SSSR count). The van der Waals surface area contributed by atoms with E-state index in [1.165, 1.54) is 0 Å². The van der Waals surface area contributed by atoms with Gasteiger partial charge in [-0.3, -0.25) is 0 Å². The molecule has 0 aliphatic rings. The molecule has 1 aromatic rings. The van der Waals surface area contributed by atoms with Crippen molar-refractivity contribution >= 4 is 11.7 Å². The summed E-state index contributed by atoms with van der Waals surface area (Å²) in [4.78, 5) is 11.1. The lowest BCUT2D eigenvalue weighted by atomic mass is 10.3. The van der Waals surface area contributed by atoms with Gasteiger partial charge in [-0.1, -0.05) is 6.92 Å². The first-order valence-electron chi connectivity index (χ1n) is 4.74. The van der Waals surface area contributed by atoms with Crippen molar-refractivity contribution in [3.63, 3.8) is 0 Å². The minimum absolute atomic E-state index is 0.134. The summed E-state index contributed by atoms with van der Waals surface area (Å²) in [6.45, 7) is 2.30. The average molecular weight is 232 g/mol. The van der Waals surface area contributed by atoms with Crippen LogP contribution in [-0.4, -0.2) is 12.6 Å². The maximum atomic E-state index is 12.8. The van der Waals surface area contributed by atoms with Gasteiger partial charge in [0, 0.05) is 24.4 Å². The number of benzene rings is 1. The van der Waals surface area contributed by atoms with E-state index < -0.39 is 23.5 Å². The van der Waals surface area contributed by atoms with E-state index in [9.17, 15) is 18.0 Å². The van der Waals surface area contributed by atoms with Crippen LogP contribution < -0.4 is 10.6 Å². The van der Waals surface area contributed by atoms with Crippen LogP contribution in [-0.2, 0) is 0 Å². The molecular formula is C10H11F3N2O. The van der Waals surface area contributed by atoms with Crippen LogP contribution in [0.15, 0.2) is 12.1 Å². The van der Waals surface area contributed by atoms with Crippen LogP contribution >= 0.6 is 0 Å². The van der Waals surface area contributed by atoms with Gasteiger partial charge in [0.05, 0.1) is 0 Å². The number of urea groups is 1. The summed E-state index contributed by atoms with van der Waals surface area (Å²) in [6, 6.07) is 0.834. The van der Waals surface area contributed by atoms with Gasteiger partial charge in [0.2, 0.25) is 0 Å². The van der Waals surface area contributed by atoms with Crippen molar-refractivity contribution < 1.29 is 18.0 Å². The minimum atomic E-state index is -1.56. The van der Waals surface area contributed by atoms with Gasteiger partial charge in [-0.05, 0) is 6.42 Å². The summed E-state index contributed by atoms with van der Waals surface area (Å²) >= 11 is 0. The molecule has 0 aliphatic carbocycles. The Hall–Kier alpha value is -1.72. The molecule has 16 heavy (non-hydrogen) atoms. The molecule has 3 nitrogen and oxygen atoms in total. The zero-order valence-electron chi connectivity index (χ0n) is 8.61. The van der Waals surface area contributed by atoms with Crippen molar-refractivity contribution in [1.82, 2.24) is 5.32 Å². The van der Waals surface area contributed by atoms with Crippen molar-refractivity contribution in [2.75, 3.05) is 11.9 Å². The van der Waals surface area contributed by atoms with Crippen LogP contribution in [0.1, 0.15) is 13.3 Å². The van der Waals surface area contributed by atoms with Crippen LogP contribution in [0.5, 0.6) is 0 Å². The van der Waals surface area contributed by atoms with Crippen LogP contribution in [0.3, 0.4) is 0 Å². The lowest BCUT2D eigenvalue weighted by Gasteiger charge is -2.07. The van der Waals surface area contributed by atoms with Gasteiger partial charge in [0.1, 0.15) is 0 Å². The van der Waals surface area contributed by atoms with E-state index in [2.05, 4.69) is 10.6 Å². The summed E-state index contributed by atoms with van der Waals surface area (Å²) in [5.74, 6) is -4.24. The van der Waals surface area contributed by atoms with Crippen LogP contribution in [0, 0.1) is 17.5 Å². The highest BCUT2D eigenvalue weighted by molar-refractivity contribution is 5.89. The van der Waals surface area contributed by atoms with Crippen molar-refractivity contribution in [2.24, 2.45) is 0 Å². The smallest absolute Gasteiger partial charge is 0.319 e. The summed E-state index contributed by atoms with van der Waals surface area (Å²) < 4.78 is 38.1. The van der Waals surface area contributed by atoms with Gasteiger partial charge < -0.3 is 10.6 Å². The van der Waals surface area contributed by atoms with Gasteiger partial charge in [-0.25, -0.2) is 18.0 Å². The van der Waals surface area contributed by atoms with Gasteiger partial charge in [0.25, 0.3) is 0 Å². The Balaban J connectivity index is 2.71. The fourth-order valence-electron chi connectivity index (χ4n) is 1.04. The molecule has 0 unspecified atom stereocenters. The molecule has 88 valence electrons. The number of anilines is 1. The second-order valence-corrected chi connectivity index (χ2v) is 3.13. The second-order valence-electron chi connectivity index (χ2n) is 3.13. The summed E-state index contributed by atoms with van der Waals surface area (Å²) in [7, 11) is 0. The molecule has 0 aliphatic heterocycles. The third kappa shape index (κ3) is 3.15. The van der Waals surface area contributed by atoms with Crippen molar-refractivity contribution in [2.45, 2.75) is 13.3 Å². The van der Waals surface area contributed by atoms with Gasteiger partial charge in [-0.15, -0.1) is 0 Å². The molecule has 1 aromatic carbocycles. The summed E-state index contributed by atoms with van der Waals surface area (Å²) in [5.41, 5.74) is -0.134. The van der Waals surface area contributed by atoms with Gasteiger partial charge in [-0.2, -0.15) is 0 Å². The van der Waals surface area contributed by atoms with Crippen LogP contribution in [0.4, 0.5) is 23.7 Å². The number of rotatable bonds is 3. The Labute approximate surface area is 90.6 Å². The number of halogens is 3. The fourth-order valence-corrected chi connectivity index (χ4v) is 1.04. The summed E-state index contributed by atoms with van der Waals surface area (Å²) in [5, 5.41) is 4.63. The largest absolute Gasteiger partial charge is 0.338 e. The first-order valence-corrected chi connectivity index (χ1v) is 4.74. The fraction of sp³-hybridized carbons (Fsp3) is 0.300. The standard InChI is InChI=1S/C10H11F3N2O/c1-2-3-14-10(16)15-6-4-7(11)9(13)8(12)5-6/h4-5H,2-3H2,1H3,(H2,14,15,16). The molecule has 0 fully saturated rings. The lowest BCUT2D eigenvalue weighted by Crippen LogP contribution is -2.29. The van der Waals surface area contributed by atoms with Crippen molar-refractivity contribution in [3.05, 3.63) is 29.6 Å². The van der Waals surface area contributed by atoms with Gasteiger partial charge >= 0.3 is 6.03 Å². The predicted molar refractivity (Wildman–Crippen MR) is 53.6 cm³/mol. The van der Waals surface area contributed by atoms with E-state index in [4.69, 9.17) is 0 Å². The van der Waals surface area contributed by atoms with E-state index in [1.807, 2.05) is 6.92 Å². The molecule has 2 N–H and O–H groups in total. The van der Waals surface area contributed by atoms with E-state index in [1.54, 1.807) is 0 Å². The Bertz CT molecular complexity index is 373. The molecule has 0 saturated heterocycles. The first-order chi connectivity index (χ1) is 7.54. The number of carbonyl (C=O) groups is 1. The van der Waals surface area contributed by atoms with E-state index in [0.717, 1.165) is 6.42 Å². The SMILES string of the molecule is CCCNC(=O)Nc1cc(F)c(F)c(F)c1. The predicted octanol–water partition coefficient (Wildman–Crippen LogP) is 2.64. The number of carbonyl (C=O) groups excluding carboxylic acids is 1. The maximum Gasteiger partial charge on any atom is 0.319 e. The number of hydrogen-bond donors (Lipinski definition) is 2. The lowest BCUT2D eigenvalue weighted by molar-refractivity contribution is 0.252. The zero-order valence-corrected chi connectivity index (χ0v) is 8.61. The quantitative estimate of drug-likeness (QED) is 0.773. The van der Waals surface area contributed by atoms with Crippen LogP contribution in [0.25, 0.3) is 0 Å². The number of nitrogens with one attached hydrogen (secondary N) is 2. The van der Waals surface area contributed by atoms with Crippen molar-refractivity contribution in [3.8, 4) is 0 Å². The molecule has 0 bridgehead atoms. The molecule has 2 amide bonds. The third-order valence-corrected chi connectivity index (χ3v) is 1.78. The summed E-state index contributed by atoms with van der Waals surface area (Å²) in [6.07, 6.45) is 0.736. The Morgan fingerprint density at radius 3 is 2.31 bits per heavy atom. The van der Waals surface area contributed by atoms with Gasteiger partial charge in [0.15, 0.2) is 17.5 Å². The van der Waals surface area contributed by atoms with E-state index >= 15 is 0 Å². The molecule has 6 heteroatoms. The van der Waals surface area contributed by atoms with E-state index in [0.29, 0.717) is 18.7 Å². The maximum absolute atomic E-state index is 12.8. The molecule has 0 spiro atoms. The third-order valence-electron chi connectivity index (χ3n) is 1.78. The minimum Gasteiger partial charge on any atom is -0.338 e. The Morgan fingerprint density at radius 2 is 1.81 bits per heavy atom. The molecule has 0 heterocycles. The number of amides is 2.